The maximum atomic E-state index is 11.1. The Balaban J connectivity index is 1.67. The van der Waals surface area contributed by atoms with Crippen LogP contribution in [-0.2, 0) is 11.2 Å². The third kappa shape index (κ3) is 5.05. The number of piperidine rings is 1. The number of nitrogens with zero attached hydrogens (tertiary/aromatic N) is 1. The van der Waals surface area contributed by atoms with Gasteiger partial charge < -0.3 is 14.6 Å². The molecule has 1 aliphatic heterocycles. The molecule has 0 amide bonds. The number of carboxylic acids is 1. The van der Waals surface area contributed by atoms with Crippen LogP contribution in [0.15, 0.2) is 54.6 Å². The van der Waals surface area contributed by atoms with Crippen LogP contribution in [0.2, 0.25) is 0 Å². The Bertz CT molecular complexity index is 1070. The molecule has 3 aromatic carbocycles. The van der Waals surface area contributed by atoms with Gasteiger partial charge in [0.1, 0.15) is 18.1 Å². The SMILES string of the molecule is COc1cccc(OCCN2CCCCC2)c1-c1cccc2c(CCC(=O)O)cccc12. The van der Waals surface area contributed by atoms with E-state index in [1.54, 1.807) is 7.11 Å². The quantitative estimate of drug-likeness (QED) is 0.490. The van der Waals surface area contributed by atoms with E-state index in [0.717, 1.165) is 58.6 Å². The maximum Gasteiger partial charge on any atom is 0.303 e. The van der Waals surface area contributed by atoms with Crippen LogP contribution >= 0.6 is 0 Å². The van der Waals surface area contributed by atoms with Crippen molar-refractivity contribution >= 4 is 16.7 Å². The van der Waals surface area contributed by atoms with Crippen LogP contribution in [0.25, 0.3) is 21.9 Å². The minimum atomic E-state index is -0.785. The predicted octanol–water partition coefficient (Wildman–Crippen LogP) is 5.40. The van der Waals surface area contributed by atoms with Gasteiger partial charge in [0.05, 0.1) is 12.7 Å². The summed E-state index contributed by atoms with van der Waals surface area (Å²) in [6.45, 7) is 3.86. The molecule has 1 heterocycles. The molecule has 0 radical (unpaired) electrons. The first-order chi connectivity index (χ1) is 15.7. The molecule has 4 rings (SSSR count). The maximum absolute atomic E-state index is 11.1. The van der Waals surface area contributed by atoms with Gasteiger partial charge in [-0.05, 0) is 66.4 Å². The standard InChI is InChI=1S/C27H31NO4/c1-31-24-12-7-13-25(32-19-18-28-16-3-2-4-17-28)27(24)23-11-6-9-21-20(14-15-26(29)30)8-5-10-22(21)23/h5-13H,2-4,14-19H2,1H3,(H,29,30). The predicted molar refractivity (Wildman–Crippen MR) is 128 cm³/mol. The van der Waals surface area contributed by atoms with Crippen LogP contribution < -0.4 is 9.47 Å². The first-order valence-corrected chi connectivity index (χ1v) is 11.4. The highest BCUT2D eigenvalue weighted by Crippen LogP contribution is 2.42. The Morgan fingerprint density at radius 1 is 0.938 bits per heavy atom. The van der Waals surface area contributed by atoms with Gasteiger partial charge in [-0.1, -0.05) is 48.9 Å². The monoisotopic (exact) mass is 433 g/mol. The molecule has 0 saturated carbocycles. The van der Waals surface area contributed by atoms with Crippen LogP contribution in [-0.4, -0.2) is 49.3 Å². The number of aryl methyl sites for hydroxylation is 1. The molecule has 168 valence electrons. The highest BCUT2D eigenvalue weighted by Gasteiger charge is 2.17. The minimum absolute atomic E-state index is 0.114. The third-order valence-electron chi connectivity index (χ3n) is 6.21. The number of methoxy groups -OCH3 is 1. The minimum Gasteiger partial charge on any atom is -0.496 e. The van der Waals surface area contributed by atoms with E-state index in [1.807, 2.05) is 36.4 Å². The molecule has 32 heavy (non-hydrogen) atoms. The molecule has 0 unspecified atom stereocenters. The number of carbonyl (C=O) groups is 1. The van der Waals surface area contributed by atoms with Crippen LogP contribution in [0.5, 0.6) is 11.5 Å². The average molecular weight is 434 g/mol. The Labute approximate surface area is 189 Å². The zero-order chi connectivity index (χ0) is 22.3. The van der Waals surface area contributed by atoms with Gasteiger partial charge in [-0.25, -0.2) is 0 Å². The van der Waals surface area contributed by atoms with Crippen molar-refractivity contribution < 1.29 is 19.4 Å². The molecule has 1 aliphatic rings. The van der Waals surface area contributed by atoms with Gasteiger partial charge in [-0.2, -0.15) is 0 Å². The Morgan fingerprint density at radius 2 is 1.66 bits per heavy atom. The van der Waals surface area contributed by atoms with Crippen molar-refractivity contribution in [2.75, 3.05) is 33.4 Å². The van der Waals surface area contributed by atoms with Crippen molar-refractivity contribution in [1.29, 1.82) is 0 Å². The number of ether oxygens (including phenoxy) is 2. The molecule has 0 atom stereocenters. The first kappa shape index (κ1) is 22.2. The van der Waals surface area contributed by atoms with E-state index in [1.165, 1.54) is 19.3 Å². The Hall–Kier alpha value is -3.05. The molecule has 0 spiro atoms. The van der Waals surface area contributed by atoms with Crippen molar-refractivity contribution in [3.05, 3.63) is 60.2 Å². The number of benzene rings is 3. The van der Waals surface area contributed by atoms with E-state index in [4.69, 9.17) is 14.6 Å². The lowest BCUT2D eigenvalue weighted by Crippen LogP contribution is -2.33. The first-order valence-electron chi connectivity index (χ1n) is 11.4. The molecule has 1 fully saturated rings. The Morgan fingerprint density at radius 3 is 2.44 bits per heavy atom. The fourth-order valence-electron chi connectivity index (χ4n) is 4.59. The second-order valence-corrected chi connectivity index (χ2v) is 8.30. The number of likely N-dealkylation sites (tertiary alicyclic amines) is 1. The lowest BCUT2D eigenvalue weighted by Gasteiger charge is -2.26. The molecule has 1 N–H and O–H groups in total. The second kappa shape index (κ2) is 10.5. The summed E-state index contributed by atoms with van der Waals surface area (Å²) in [7, 11) is 1.68. The number of aliphatic carboxylic acids is 1. The molecular formula is C27H31NO4. The summed E-state index contributed by atoms with van der Waals surface area (Å²) < 4.78 is 12.0. The van der Waals surface area contributed by atoms with Crippen LogP contribution in [0.4, 0.5) is 0 Å². The zero-order valence-corrected chi connectivity index (χ0v) is 18.7. The van der Waals surface area contributed by atoms with Crippen molar-refractivity contribution in [2.24, 2.45) is 0 Å². The summed E-state index contributed by atoms with van der Waals surface area (Å²) in [5.41, 5.74) is 3.01. The highest BCUT2D eigenvalue weighted by molar-refractivity contribution is 6.01. The topological polar surface area (TPSA) is 59.0 Å². The van der Waals surface area contributed by atoms with Crippen LogP contribution in [0.1, 0.15) is 31.2 Å². The number of carboxylic acid groups (broad SMARTS) is 1. The number of hydrogen-bond donors (Lipinski definition) is 1. The summed E-state index contributed by atoms with van der Waals surface area (Å²) in [5, 5.41) is 11.3. The molecule has 3 aromatic rings. The number of rotatable bonds is 9. The van der Waals surface area contributed by atoms with E-state index >= 15 is 0 Å². The van der Waals surface area contributed by atoms with Crippen molar-refractivity contribution in [3.8, 4) is 22.6 Å². The number of hydrogen-bond acceptors (Lipinski definition) is 4. The van der Waals surface area contributed by atoms with E-state index in [2.05, 4.69) is 23.1 Å². The van der Waals surface area contributed by atoms with E-state index < -0.39 is 5.97 Å². The molecular weight excluding hydrogens is 402 g/mol. The van der Waals surface area contributed by atoms with Gasteiger partial charge >= 0.3 is 5.97 Å². The largest absolute Gasteiger partial charge is 0.496 e. The van der Waals surface area contributed by atoms with Gasteiger partial charge in [-0.3, -0.25) is 9.69 Å². The molecule has 0 bridgehead atoms. The van der Waals surface area contributed by atoms with Crippen LogP contribution in [0.3, 0.4) is 0 Å². The molecule has 0 aliphatic carbocycles. The highest BCUT2D eigenvalue weighted by atomic mass is 16.5. The fraction of sp³-hybridized carbons (Fsp3) is 0.370. The Kier molecular flexibility index (Phi) is 7.28. The molecule has 5 heteroatoms. The van der Waals surface area contributed by atoms with Crippen molar-refractivity contribution in [2.45, 2.75) is 32.1 Å². The molecule has 0 aromatic heterocycles. The molecule has 1 saturated heterocycles. The van der Waals surface area contributed by atoms with E-state index in [-0.39, 0.29) is 6.42 Å². The van der Waals surface area contributed by atoms with Crippen LogP contribution in [0, 0.1) is 0 Å². The molecule has 5 nitrogen and oxygen atoms in total. The normalized spacial score (nSPS) is 14.4. The summed E-state index contributed by atoms with van der Waals surface area (Å²) in [5.74, 6) is 0.793. The van der Waals surface area contributed by atoms with Gasteiger partial charge in [0, 0.05) is 13.0 Å². The van der Waals surface area contributed by atoms with Crippen molar-refractivity contribution in [1.82, 2.24) is 4.90 Å². The summed E-state index contributed by atoms with van der Waals surface area (Å²) in [6, 6.07) is 18.2. The summed E-state index contributed by atoms with van der Waals surface area (Å²) in [4.78, 5) is 13.6. The summed E-state index contributed by atoms with van der Waals surface area (Å²) >= 11 is 0. The van der Waals surface area contributed by atoms with Crippen molar-refractivity contribution in [3.63, 3.8) is 0 Å². The fourth-order valence-corrected chi connectivity index (χ4v) is 4.59. The van der Waals surface area contributed by atoms with E-state index in [0.29, 0.717) is 13.0 Å². The lowest BCUT2D eigenvalue weighted by atomic mass is 9.93. The van der Waals surface area contributed by atoms with Gasteiger partial charge in [-0.15, -0.1) is 0 Å². The smallest absolute Gasteiger partial charge is 0.303 e. The summed E-state index contributed by atoms with van der Waals surface area (Å²) in [6.07, 6.45) is 4.48. The van der Waals surface area contributed by atoms with Gasteiger partial charge in [0.25, 0.3) is 0 Å². The third-order valence-corrected chi connectivity index (χ3v) is 6.21. The average Bonchev–Trinajstić information content (AvgIpc) is 2.83. The van der Waals surface area contributed by atoms with Gasteiger partial charge in [0.2, 0.25) is 0 Å². The van der Waals surface area contributed by atoms with Gasteiger partial charge in [0.15, 0.2) is 0 Å². The zero-order valence-electron chi connectivity index (χ0n) is 18.7. The number of fused-ring (bicyclic) bond motifs is 1. The lowest BCUT2D eigenvalue weighted by molar-refractivity contribution is -0.136. The second-order valence-electron chi connectivity index (χ2n) is 8.30. The van der Waals surface area contributed by atoms with E-state index in [9.17, 15) is 4.79 Å².